The van der Waals surface area contributed by atoms with Gasteiger partial charge in [-0.3, -0.25) is 0 Å². The summed E-state index contributed by atoms with van der Waals surface area (Å²) in [4.78, 5) is 8.01. The summed E-state index contributed by atoms with van der Waals surface area (Å²) in [6, 6.07) is 14.6. The first-order valence-electron chi connectivity index (χ1n) is 9.27. The fourth-order valence-electron chi connectivity index (χ4n) is 4.01. The highest BCUT2D eigenvalue weighted by atomic mass is 32.1. The molecule has 0 saturated carbocycles. The van der Waals surface area contributed by atoms with E-state index in [2.05, 4.69) is 27.1 Å². The molecule has 28 heavy (non-hydrogen) atoms. The molecule has 2 aromatic heterocycles. The van der Waals surface area contributed by atoms with Crippen molar-refractivity contribution >= 4 is 22.0 Å². The Morgan fingerprint density at radius 2 is 2.04 bits per heavy atom. The van der Waals surface area contributed by atoms with Gasteiger partial charge in [0, 0.05) is 12.2 Å². The van der Waals surface area contributed by atoms with Crippen LogP contribution >= 0.6 is 11.3 Å². The number of rotatable bonds is 3. The average molecular weight is 394 g/mol. The summed E-state index contributed by atoms with van der Waals surface area (Å²) in [5.74, 6) is 0.388. The number of para-hydroxylation sites is 1. The van der Waals surface area contributed by atoms with Gasteiger partial charge in [0.2, 0.25) is 10.8 Å². The van der Waals surface area contributed by atoms with E-state index in [0.717, 1.165) is 35.5 Å². The van der Waals surface area contributed by atoms with E-state index in [1.807, 2.05) is 18.2 Å². The van der Waals surface area contributed by atoms with Crippen LogP contribution in [-0.4, -0.2) is 26.2 Å². The Morgan fingerprint density at radius 1 is 1.18 bits per heavy atom. The number of benzene rings is 2. The van der Waals surface area contributed by atoms with Crippen molar-refractivity contribution in [2.24, 2.45) is 0 Å². The zero-order chi connectivity index (χ0) is 19.3. The van der Waals surface area contributed by atoms with Crippen LogP contribution in [0.1, 0.15) is 34.3 Å². The van der Waals surface area contributed by atoms with Gasteiger partial charge in [-0.25, -0.2) is 9.37 Å². The van der Waals surface area contributed by atoms with Crippen LogP contribution in [-0.2, 0) is 6.42 Å². The molecule has 0 fully saturated rings. The fourth-order valence-corrected chi connectivity index (χ4v) is 5.15. The average Bonchev–Trinajstić information content (AvgIpc) is 3.20. The number of aromatic hydroxyl groups is 1. The molecule has 3 heterocycles. The minimum absolute atomic E-state index is 0.0675. The van der Waals surface area contributed by atoms with E-state index in [9.17, 15) is 9.50 Å². The number of aryl methyl sites for hydroxylation is 2. The van der Waals surface area contributed by atoms with Crippen molar-refractivity contribution in [2.45, 2.75) is 25.8 Å². The Morgan fingerprint density at radius 3 is 2.86 bits per heavy atom. The SMILES string of the molecule is Cc1nc2sc(C(c3cccc(F)c3)N3CCCc4ccccc43)c(O)n2n1. The van der Waals surface area contributed by atoms with Gasteiger partial charge in [-0.2, -0.15) is 4.52 Å². The second kappa shape index (κ2) is 6.60. The zero-order valence-electron chi connectivity index (χ0n) is 15.3. The number of hydrogen-bond donors (Lipinski definition) is 1. The molecule has 7 heteroatoms. The smallest absolute Gasteiger partial charge is 0.230 e. The molecule has 0 bridgehead atoms. The number of hydrogen-bond acceptors (Lipinski definition) is 5. The third-order valence-electron chi connectivity index (χ3n) is 5.18. The molecule has 2 aromatic carbocycles. The molecule has 4 aromatic rings. The summed E-state index contributed by atoms with van der Waals surface area (Å²) >= 11 is 1.40. The Kier molecular flexibility index (Phi) is 4.05. The maximum atomic E-state index is 14.1. The molecule has 1 atom stereocenters. The van der Waals surface area contributed by atoms with Crippen molar-refractivity contribution < 1.29 is 9.50 Å². The normalized spacial score (nSPS) is 15.0. The molecule has 1 unspecified atom stereocenters. The van der Waals surface area contributed by atoms with Crippen LogP contribution < -0.4 is 4.90 Å². The standard InChI is InChI=1S/C21H19FN4OS/c1-13-23-21-26(24-13)20(27)19(28-21)18(15-7-4-9-16(22)12-15)25-11-5-8-14-6-2-3-10-17(14)25/h2-4,6-7,9-10,12,18,27H,5,8,11H2,1H3. The molecular weight excluding hydrogens is 375 g/mol. The van der Waals surface area contributed by atoms with Crippen LogP contribution in [0.4, 0.5) is 10.1 Å². The zero-order valence-corrected chi connectivity index (χ0v) is 16.2. The first-order valence-corrected chi connectivity index (χ1v) is 10.1. The van der Waals surface area contributed by atoms with Gasteiger partial charge in [-0.05, 0) is 49.1 Å². The third kappa shape index (κ3) is 2.74. The summed E-state index contributed by atoms with van der Waals surface area (Å²) in [7, 11) is 0. The summed E-state index contributed by atoms with van der Waals surface area (Å²) < 4.78 is 15.6. The molecule has 1 N–H and O–H groups in total. The molecule has 0 spiro atoms. The van der Waals surface area contributed by atoms with Crippen LogP contribution in [0.5, 0.6) is 5.88 Å². The molecule has 0 aliphatic carbocycles. The van der Waals surface area contributed by atoms with Gasteiger partial charge >= 0.3 is 0 Å². The first-order chi connectivity index (χ1) is 13.6. The number of fused-ring (bicyclic) bond motifs is 2. The van der Waals surface area contributed by atoms with Gasteiger partial charge in [0.25, 0.3) is 0 Å². The molecular formula is C21H19FN4OS. The lowest BCUT2D eigenvalue weighted by molar-refractivity contribution is 0.429. The second-order valence-electron chi connectivity index (χ2n) is 7.03. The van der Waals surface area contributed by atoms with Crippen LogP contribution in [0.2, 0.25) is 0 Å². The largest absolute Gasteiger partial charge is 0.492 e. The van der Waals surface area contributed by atoms with Crippen LogP contribution in [0, 0.1) is 12.7 Å². The molecule has 1 aliphatic heterocycles. The van der Waals surface area contributed by atoms with E-state index >= 15 is 0 Å². The Bertz CT molecular complexity index is 1170. The lowest BCUT2D eigenvalue weighted by atomic mass is 9.96. The van der Waals surface area contributed by atoms with E-state index < -0.39 is 0 Å². The highest BCUT2D eigenvalue weighted by molar-refractivity contribution is 7.17. The lowest BCUT2D eigenvalue weighted by Gasteiger charge is -2.37. The molecule has 0 amide bonds. The van der Waals surface area contributed by atoms with Gasteiger partial charge in [0.15, 0.2) is 0 Å². The number of aromatic nitrogens is 3. The predicted octanol–water partition coefficient (Wildman–Crippen LogP) is 4.49. The van der Waals surface area contributed by atoms with E-state index in [4.69, 9.17) is 0 Å². The van der Waals surface area contributed by atoms with Crippen molar-refractivity contribution in [3.8, 4) is 5.88 Å². The highest BCUT2D eigenvalue weighted by Gasteiger charge is 2.32. The number of anilines is 1. The summed E-state index contributed by atoms with van der Waals surface area (Å²) in [5.41, 5.74) is 3.19. The molecule has 5 nitrogen and oxygen atoms in total. The van der Waals surface area contributed by atoms with E-state index in [1.54, 1.807) is 19.1 Å². The van der Waals surface area contributed by atoms with Gasteiger partial charge in [0.1, 0.15) is 11.6 Å². The minimum Gasteiger partial charge on any atom is -0.492 e. The monoisotopic (exact) mass is 394 g/mol. The Balaban J connectivity index is 1.72. The lowest BCUT2D eigenvalue weighted by Crippen LogP contribution is -2.34. The topological polar surface area (TPSA) is 53.7 Å². The van der Waals surface area contributed by atoms with Crippen LogP contribution in [0.25, 0.3) is 4.96 Å². The number of thiazole rings is 1. The van der Waals surface area contributed by atoms with Crippen molar-refractivity contribution in [1.82, 2.24) is 14.6 Å². The Labute approximate surface area is 165 Å². The molecule has 0 saturated heterocycles. The minimum atomic E-state index is -0.314. The molecule has 142 valence electrons. The fraction of sp³-hybridized carbons (Fsp3) is 0.238. The highest BCUT2D eigenvalue weighted by Crippen LogP contribution is 2.43. The van der Waals surface area contributed by atoms with Crippen LogP contribution in [0.3, 0.4) is 0 Å². The van der Waals surface area contributed by atoms with Gasteiger partial charge in [-0.15, -0.1) is 5.10 Å². The van der Waals surface area contributed by atoms with Crippen molar-refractivity contribution in [3.63, 3.8) is 0 Å². The molecule has 1 aliphatic rings. The summed E-state index contributed by atoms with van der Waals surface area (Å²) in [6.07, 6.45) is 2.02. The van der Waals surface area contributed by atoms with E-state index in [1.165, 1.54) is 27.5 Å². The van der Waals surface area contributed by atoms with Crippen molar-refractivity contribution in [2.75, 3.05) is 11.4 Å². The Hall–Kier alpha value is -2.93. The van der Waals surface area contributed by atoms with Gasteiger partial charge < -0.3 is 10.0 Å². The van der Waals surface area contributed by atoms with Crippen molar-refractivity contribution in [3.05, 3.63) is 76.2 Å². The number of halogens is 1. The van der Waals surface area contributed by atoms with Crippen LogP contribution in [0.15, 0.2) is 48.5 Å². The van der Waals surface area contributed by atoms with E-state index in [0.29, 0.717) is 10.8 Å². The maximum Gasteiger partial charge on any atom is 0.230 e. The van der Waals surface area contributed by atoms with Gasteiger partial charge in [-0.1, -0.05) is 41.7 Å². The maximum absolute atomic E-state index is 14.1. The second-order valence-corrected chi connectivity index (χ2v) is 8.04. The predicted molar refractivity (Wildman–Crippen MR) is 108 cm³/mol. The molecule has 0 radical (unpaired) electrons. The summed E-state index contributed by atoms with van der Waals surface area (Å²) in [6.45, 7) is 2.62. The first kappa shape index (κ1) is 17.2. The van der Waals surface area contributed by atoms with Crippen molar-refractivity contribution in [1.29, 1.82) is 0 Å². The quantitative estimate of drug-likeness (QED) is 0.556. The van der Waals surface area contributed by atoms with Gasteiger partial charge in [0.05, 0.1) is 10.9 Å². The van der Waals surface area contributed by atoms with E-state index in [-0.39, 0.29) is 17.7 Å². The summed E-state index contributed by atoms with van der Waals surface area (Å²) in [5, 5.41) is 15.2. The number of nitrogens with zero attached hydrogens (tertiary/aromatic N) is 4. The third-order valence-corrected chi connectivity index (χ3v) is 6.25. The molecule has 5 rings (SSSR count).